The van der Waals surface area contributed by atoms with Crippen LogP contribution in [0.4, 0.5) is 4.39 Å². The molecule has 1 unspecified atom stereocenters. The number of hydrogen-bond acceptors (Lipinski definition) is 2. The van der Waals surface area contributed by atoms with Crippen molar-refractivity contribution in [3.63, 3.8) is 0 Å². The minimum Gasteiger partial charge on any atom is -0.350 e. The summed E-state index contributed by atoms with van der Waals surface area (Å²) in [7, 11) is 0. The van der Waals surface area contributed by atoms with Gasteiger partial charge in [0.1, 0.15) is 11.9 Å². The highest BCUT2D eigenvalue weighted by atomic mass is 35.5. The van der Waals surface area contributed by atoms with E-state index in [1.807, 2.05) is 20.8 Å². The molecule has 0 saturated heterocycles. The number of amides is 2. The molecule has 162 valence electrons. The van der Waals surface area contributed by atoms with Crippen LogP contribution in [0.3, 0.4) is 0 Å². The molecule has 30 heavy (non-hydrogen) atoms. The van der Waals surface area contributed by atoms with Gasteiger partial charge in [-0.15, -0.1) is 0 Å². The molecule has 0 spiro atoms. The summed E-state index contributed by atoms with van der Waals surface area (Å²) in [4.78, 5) is 27.3. The molecule has 2 amide bonds. The Kier molecular flexibility index (Phi) is 8.14. The van der Waals surface area contributed by atoms with Gasteiger partial charge in [-0.1, -0.05) is 46.9 Å². The van der Waals surface area contributed by atoms with E-state index in [0.29, 0.717) is 15.6 Å². The van der Waals surface area contributed by atoms with Crippen LogP contribution in [0, 0.1) is 5.82 Å². The molecule has 1 atom stereocenters. The van der Waals surface area contributed by atoms with Crippen molar-refractivity contribution >= 4 is 46.6 Å². The number of halogens is 4. The van der Waals surface area contributed by atoms with Gasteiger partial charge in [0.2, 0.25) is 11.8 Å². The van der Waals surface area contributed by atoms with Gasteiger partial charge in [0, 0.05) is 38.3 Å². The van der Waals surface area contributed by atoms with Crippen LogP contribution in [0.1, 0.15) is 38.8 Å². The van der Waals surface area contributed by atoms with E-state index >= 15 is 0 Å². The molecule has 2 rings (SSSR count). The Bertz CT molecular complexity index is 904. The van der Waals surface area contributed by atoms with E-state index in [1.54, 1.807) is 25.1 Å². The van der Waals surface area contributed by atoms with Crippen molar-refractivity contribution in [2.75, 3.05) is 0 Å². The quantitative estimate of drug-likeness (QED) is 0.588. The van der Waals surface area contributed by atoms with Gasteiger partial charge in [-0.3, -0.25) is 9.59 Å². The Hall–Kier alpha value is -1.82. The Morgan fingerprint density at radius 1 is 1.00 bits per heavy atom. The van der Waals surface area contributed by atoms with Gasteiger partial charge in [0.05, 0.1) is 6.42 Å². The van der Waals surface area contributed by atoms with Crippen LogP contribution in [-0.2, 0) is 22.6 Å². The first kappa shape index (κ1) is 24.4. The first-order chi connectivity index (χ1) is 13.9. The zero-order valence-corrected chi connectivity index (χ0v) is 19.5. The second-order valence-electron chi connectivity index (χ2n) is 8.01. The molecular weight excluding hydrogens is 450 g/mol. The lowest BCUT2D eigenvalue weighted by molar-refractivity contribution is -0.140. The van der Waals surface area contributed by atoms with E-state index in [2.05, 4.69) is 5.32 Å². The maximum absolute atomic E-state index is 14.2. The first-order valence-corrected chi connectivity index (χ1v) is 10.5. The number of nitrogens with one attached hydrogen (secondary N) is 1. The summed E-state index contributed by atoms with van der Waals surface area (Å²) in [5.74, 6) is -1.41. The molecule has 0 aliphatic heterocycles. The Balaban J connectivity index is 2.39. The van der Waals surface area contributed by atoms with Gasteiger partial charge in [-0.2, -0.15) is 0 Å². The van der Waals surface area contributed by atoms with E-state index in [4.69, 9.17) is 34.8 Å². The van der Waals surface area contributed by atoms with Crippen LogP contribution in [0.2, 0.25) is 15.1 Å². The van der Waals surface area contributed by atoms with Crippen molar-refractivity contribution in [3.05, 3.63) is 68.4 Å². The maximum atomic E-state index is 14.2. The van der Waals surface area contributed by atoms with Crippen molar-refractivity contribution in [1.82, 2.24) is 10.2 Å². The molecule has 4 nitrogen and oxygen atoms in total. The molecule has 2 aromatic carbocycles. The fourth-order valence-corrected chi connectivity index (χ4v) is 3.61. The number of benzene rings is 2. The highest BCUT2D eigenvalue weighted by molar-refractivity contribution is 6.36. The lowest BCUT2D eigenvalue weighted by Gasteiger charge is -2.32. The summed E-state index contributed by atoms with van der Waals surface area (Å²) < 4.78 is 14.2. The predicted molar refractivity (Wildman–Crippen MR) is 119 cm³/mol. The van der Waals surface area contributed by atoms with Crippen molar-refractivity contribution in [2.45, 2.75) is 52.2 Å². The Labute approximate surface area is 191 Å². The topological polar surface area (TPSA) is 49.4 Å². The number of carbonyl (C=O) groups is 2. The minimum atomic E-state index is -0.852. The molecule has 2 aromatic rings. The van der Waals surface area contributed by atoms with Crippen LogP contribution in [0.15, 0.2) is 36.4 Å². The predicted octanol–water partition coefficient (Wildman–Crippen LogP) is 5.66. The average molecular weight is 474 g/mol. The van der Waals surface area contributed by atoms with Crippen LogP contribution in [-0.4, -0.2) is 28.3 Å². The average Bonchev–Trinajstić information content (AvgIpc) is 2.62. The normalized spacial score (nSPS) is 12.4. The minimum absolute atomic E-state index is 0.0118. The highest BCUT2D eigenvalue weighted by Gasteiger charge is 2.30. The maximum Gasteiger partial charge on any atom is 0.242 e. The number of carbonyl (C=O) groups excluding carboxylic acids is 2. The molecule has 0 heterocycles. The number of nitrogens with zero attached hydrogens (tertiary/aromatic N) is 1. The molecular formula is C22H24Cl3FN2O2. The lowest BCUT2D eigenvalue weighted by Crippen LogP contribution is -2.52. The van der Waals surface area contributed by atoms with Crippen LogP contribution >= 0.6 is 34.8 Å². The SMILES string of the molecule is CC(C(=O)NC(C)(C)C)N(Cc1c(Cl)cccc1Cl)C(=O)Cc1c(F)cccc1Cl. The summed E-state index contributed by atoms with van der Waals surface area (Å²) in [5.41, 5.74) is 0.0869. The molecule has 0 fully saturated rings. The van der Waals surface area contributed by atoms with Gasteiger partial charge in [0.15, 0.2) is 0 Å². The molecule has 0 saturated carbocycles. The van der Waals surface area contributed by atoms with E-state index in [0.717, 1.165) is 0 Å². The van der Waals surface area contributed by atoms with Crippen LogP contribution in [0.5, 0.6) is 0 Å². The fourth-order valence-electron chi connectivity index (χ4n) is 2.86. The van der Waals surface area contributed by atoms with Gasteiger partial charge in [0.25, 0.3) is 0 Å². The molecule has 0 aromatic heterocycles. The summed E-state index contributed by atoms with van der Waals surface area (Å²) in [5, 5.41) is 3.74. The number of rotatable bonds is 6. The van der Waals surface area contributed by atoms with Crippen molar-refractivity contribution in [3.8, 4) is 0 Å². The fraction of sp³-hybridized carbons (Fsp3) is 0.364. The zero-order valence-electron chi connectivity index (χ0n) is 17.2. The monoisotopic (exact) mass is 472 g/mol. The molecule has 0 aliphatic carbocycles. The van der Waals surface area contributed by atoms with E-state index in [9.17, 15) is 14.0 Å². The third kappa shape index (κ3) is 6.34. The van der Waals surface area contributed by atoms with Crippen LogP contribution in [0.25, 0.3) is 0 Å². The molecule has 0 aliphatic rings. The van der Waals surface area contributed by atoms with Gasteiger partial charge in [-0.25, -0.2) is 4.39 Å². The summed E-state index contributed by atoms with van der Waals surface area (Å²) in [6.07, 6.45) is -0.305. The largest absolute Gasteiger partial charge is 0.350 e. The van der Waals surface area contributed by atoms with Crippen molar-refractivity contribution in [1.29, 1.82) is 0 Å². The lowest BCUT2D eigenvalue weighted by atomic mass is 10.1. The van der Waals surface area contributed by atoms with Gasteiger partial charge < -0.3 is 10.2 Å². The highest BCUT2D eigenvalue weighted by Crippen LogP contribution is 2.28. The van der Waals surface area contributed by atoms with E-state index in [1.165, 1.54) is 23.1 Å². The van der Waals surface area contributed by atoms with Gasteiger partial charge >= 0.3 is 0 Å². The standard InChI is InChI=1S/C22H24Cl3FN2O2/c1-13(21(30)27-22(2,3)4)28(12-15-17(24)7-5-8-18(15)25)20(29)11-14-16(23)9-6-10-19(14)26/h5-10,13H,11-12H2,1-4H3,(H,27,30). The zero-order chi connectivity index (χ0) is 22.6. The smallest absolute Gasteiger partial charge is 0.242 e. The summed E-state index contributed by atoms with van der Waals surface area (Å²) in [6, 6.07) is 8.35. The Morgan fingerprint density at radius 3 is 2.00 bits per heavy atom. The summed E-state index contributed by atoms with van der Waals surface area (Å²) >= 11 is 18.6. The number of hydrogen-bond donors (Lipinski definition) is 1. The second kappa shape index (κ2) is 9.99. The third-order valence-corrected chi connectivity index (χ3v) is 5.51. The first-order valence-electron chi connectivity index (χ1n) is 9.38. The molecule has 0 radical (unpaired) electrons. The van der Waals surface area contributed by atoms with Crippen molar-refractivity contribution in [2.24, 2.45) is 0 Å². The van der Waals surface area contributed by atoms with E-state index in [-0.39, 0.29) is 29.5 Å². The van der Waals surface area contributed by atoms with Gasteiger partial charge in [-0.05, 0) is 52.0 Å². The summed E-state index contributed by atoms with van der Waals surface area (Å²) in [6.45, 7) is 7.12. The van der Waals surface area contributed by atoms with Crippen molar-refractivity contribution < 1.29 is 14.0 Å². The van der Waals surface area contributed by atoms with E-state index < -0.39 is 23.3 Å². The van der Waals surface area contributed by atoms with Crippen LogP contribution < -0.4 is 5.32 Å². The Morgan fingerprint density at radius 2 is 1.50 bits per heavy atom. The third-order valence-electron chi connectivity index (χ3n) is 4.45. The molecule has 0 bridgehead atoms. The second-order valence-corrected chi connectivity index (χ2v) is 9.24. The molecule has 8 heteroatoms. The molecule has 1 N–H and O–H groups in total.